The highest BCUT2D eigenvalue weighted by atomic mass is 19.1. The number of hydrogen-bond donors (Lipinski definition) is 2. The van der Waals surface area contributed by atoms with Gasteiger partial charge in [0, 0.05) is 5.69 Å². The van der Waals surface area contributed by atoms with Gasteiger partial charge in [-0.05, 0) is 57.0 Å². The Morgan fingerprint density at radius 3 is 2.74 bits per heavy atom. The number of nitrogen functional groups attached to an aromatic ring is 1. The molecule has 1 aromatic rings. The van der Waals surface area contributed by atoms with Gasteiger partial charge < -0.3 is 16.2 Å². The monoisotopic (exact) mass is 268 g/mol. The normalized spacial score (nSPS) is 13.9. The third-order valence-corrected chi connectivity index (χ3v) is 3.22. The summed E-state index contributed by atoms with van der Waals surface area (Å²) < 4.78 is 18.5. The lowest BCUT2D eigenvalue weighted by Gasteiger charge is -2.29. The molecule has 4 nitrogen and oxygen atoms in total. The van der Waals surface area contributed by atoms with E-state index < -0.39 is 17.2 Å². The van der Waals surface area contributed by atoms with E-state index in [9.17, 15) is 9.18 Å². The Morgan fingerprint density at radius 1 is 1.47 bits per heavy atom. The summed E-state index contributed by atoms with van der Waals surface area (Å²) in [6.07, 6.45) is 1.10. The van der Waals surface area contributed by atoms with Gasteiger partial charge in [-0.2, -0.15) is 0 Å². The Kier molecular flexibility index (Phi) is 5.30. The molecule has 0 spiro atoms. The van der Waals surface area contributed by atoms with Crippen LogP contribution < -0.4 is 11.5 Å². The van der Waals surface area contributed by atoms with Gasteiger partial charge in [-0.25, -0.2) is 4.39 Å². The first kappa shape index (κ1) is 15.4. The molecule has 4 N–H and O–H groups in total. The number of rotatable bonds is 6. The lowest BCUT2D eigenvalue weighted by atomic mass is 9.77. The molecule has 0 fully saturated rings. The van der Waals surface area contributed by atoms with Gasteiger partial charge in [-0.15, -0.1) is 0 Å². The van der Waals surface area contributed by atoms with Crippen molar-refractivity contribution in [1.82, 2.24) is 0 Å². The first-order valence-electron chi connectivity index (χ1n) is 6.38. The molecule has 1 rings (SSSR count). The van der Waals surface area contributed by atoms with E-state index in [2.05, 4.69) is 0 Å². The van der Waals surface area contributed by atoms with Gasteiger partial charge in [-0.1, -0.05) is 0 Å². The fourth-order valence-corrected chi connectivity index (χ4v) is 2.10. The van der Waals surface area contributed by atoms with Crippen molar-refractivity contribution in [3.63, 3.8) is 0 Å². The second-order valence-corrected chi connectivity index (χ2v) is 4.68. The fourth-order valence-electron chi connectivity index (χ4n) is 2.10. The van der Waals surface area contributed by atoms with Crippen LogP contribution in [0.15, 0.2) is 18.2 Å². The second kappa shape index (κ2) is 6.52. The Bertz CT molecular complexity index is 451. The lowest BCUT2D eigenvalue weighted by Crippen LogP contribution is -2.36. The van der Waals surface area contributed by atoms with Crippen molar-refractivity contribution in [2.24, 2.45) is 5.73 Å². The van der Waals surface area contributed by atoms with Crippen molar-refractivity contribution in [2.45, 2.75) is 32.1 Å². The molecule has 1 atom stereocenters. The third kappa shape index (κ3) is 3.44. The quantitative estimate of drug-likeness (QED) is 0.610. The molecule has 0 aliphatic carbocycles. The SMILES string of the molecule is CCOC(=O)C(C)(CCCN)c1cc(F)ccc1N. The lowest BCUT2D eigenvalue weighted by molar-refractivity contribution is -0.149. The zero-order chi connectivity index (χ0) is 14.5. The van der Waals surface area contributed by atoms with Crippen LogP contribution in [0.25, 0.3) is 0 Å². The third-order valence-electron chi connectivity index (χ3n) is 3.22. The van der Waals surface area contributed by atoms with Crippen LogP contribution in [0, 0.1) is 5.82 Å². The molecule has 0 radical (unpaired) electrons. The van der Waals surface area contributed by atoms with Gasteiger partial charge in [0.25, 0.3) is 0 Å². The van der Waals surface area contributed by atoms with Crippen LogP contribution in [0.5, 0.6) is 0 Å². The summed E-state index contributed by atoms with van der Waals surface area (Å²) >= 11 is 0. The number of carbonyl (C=O) groups is 1. The van der Waals surface area contributed by atoms with Crippen molar-refractivity contribution < 1.29 is 13.9 Å². The molecule has 0 saturated heterocycles. The van der Waals surface area contributed by atoms with Crippen LogP contribution in [-0.2, 0) is 14.9 Å². The highest BCUT2D eigenvalue weighted by Crippen LogP contribution is 2.34. The van der Waals surface area contributed by atoms with Gasteiger partial charge >= 0.3 is 5.97 Å². The van der Waals surface area contributed by atoms with E-state index in [-0.39, 0.29) is 6.61 Å². The standard InChI is InChI=1S/C14H21FN2O2/c1-3-19-13(18)14(2,7-4-8-16)11-9-10(15)5-6-12(11)17/h5-6,9H,3-4,7-8,16-17H2,1-2H3. The van der Waals surface area contributed by atoms with E-state index in [0.29, 0.717) is 30.6 Å². The topological polar surface area (TPSA) is 78.3 Å². The average molecular weight is 268 g/mol. The van der Waals surface area contributed by atoms with E-state index in [4.69, 9.17) is 16.2 Å². The molecule has 0 aromatic heterocycles. The molecule has 0 aliphatic heterocycles. The summed E-state index contributed by atoms with van der Waals surface area (Å²) in [7, 11) is 0. The summed E-state index contributed by atoms with van der Waals surface area (Å²) in [6.45, 7) is 4.17. The summed E-state index contributed by atoms with van der Waals surface area (Å²) in [5, 5.41) is 0. The number of benzene rings is 1. The van der Waals surface area contributed by atoms with Gasteiger partial charge in [0.05, 0.1) is 12.0 Å². The van der Waals surface area contributed by atoms with E-state index >= 15 is 0 Å². The van der Waals surface area contributed by atoms with E-state index in [0.717, 1.165) is 0 Å². The maximum atomic E-state index is 13.4. The number of ether oxygens (including phenoxy) is 1. The van der Waals surface area contributed by atoms with E-state index in [1.54, 1.807) is 13.8 Å². The molecule has 1 aromatic carbocycles. The van der Waals surface area contributed by atoms with Crippen molar-refractivity contribution in [1.29, 1.82) is 0 Å². The first-order valence-corrected chi connectivity index (χ1v) is 6.38. The Morgan fingerprint density at radius 2 is 2.16 bits per heavy atom. The van der Waals surface area contributed by atoms with Crippen molar-refractivity contribution in [2.75, 3.05) is 18.9 Å². The smallest absolute Gasteiger partial charge is 0.316 e. The molecule has 0 heterocycles. The summed E-state index contributed by atoms with van der Waals surface area (Å²) in [4.78, 5) is 12.2. The Labute approximate surface area is 112 Å². The average Bonchev–Trinajstić information content (AvgIpc) is 2.39. The molecule has 106 valence electrons. The Balaban J connectivity index is 3.21. The van der Waals surface area contributed by atoms with Gasteiger partial charge in [0.1, 0.15) is 5.82 Å². The molecular formula is C14H21FN2O2. The number of carbonyl (C=O) groups excluding carboxylic acids is 1. The van der Waals surface area contributed by atoms with E-state index in [1.807, 2.05) is 0 Å². The summed E-state index contributed by atoms with van der Waals surface area (Å²) in [6, 6.07) is 4.03. The van der Waals surface area contributed by atoms with Gasteiger partial charge in [0.15, 0.2) is 0 Å². The number of esters is 1. The van der Waals surface area contributed by atoms with Crippen LogP contribution in [0.2, 0.25) is 0 Å². The highest BCUT2D eigenvalue weighted by molar-refractivity contribution is 5.84. The van der Waals surface area contributed by atoms with Gasteiger partial charge in [0.2, 0.25) is 0 Å². The maximum Gasteiger partial charge on any atom is 0.316 e. The van der Waals surface area contributed by atoms with Crippen LogP contribution in [0.1, 0.15) is 32.3 Å². The zero-order valence-corrected chi connectivity index (χ0v) is 11.4. The first-order chi connectivity index (χ1) is 8.95. The minimum Gasteiger partial charge on any atom is -0.465 e. The van der Waals surface area contributed by atoms with Crippen LogP contribution in [0.3, 0.4) is 0 Å². The van der Waals surface area contributed by atoms with E-state index in [1.165, 1.54) is 18.2 Å². The largest absolute Gasteiger partial charge is 0.465 e. The van der Waals surface area contributed by atoms with Crippen molar-refractivity contribution in [3.8, 4) is 0 Å². The Hall–Kier alpha value is -1.62. The molecule has 0 saturated carbocycles. The number of halogens is 1. The molecule has 1 unspecified atom stereocenters. The minimum absolute atomic E-state index is 0.270. The summed E-state index contributed by atoms with van der Waals surface area (Å²) in [5.41, 5.74) is 11.2. The number of nitrogens with two attached hydrogens (primary N) is 2. The number of hydrogen-bond acceptors (Lipinski definition) is 4. The van der Waals surface area contributed by atoms with Crippen LogP contribution in [0.4, 0.5) is 10.1 Å². The van der Waals surface area contributed by atoms with Crippen molar-refractivity contribution in [3.05, 3.63) is 29.6 Å². The fraction of sp³-hybridized carbons (Fsp3) is 0.500. The second-order valence-electron chi connectivity index (χ2n) is 4.68. The van der Waals surface area contributed by atoms with Crippen LogP contribution in [-0.4, -0.2) is 19.1 Å². The molecule has 0 aliphatic rings. The van der Waals surface area contributed by atoms with Gasteiger partial charge in [-0.3, -0.25) is 4.79 Å². The highest BCUT2D eigenvalue weighted by Gasteiger charge is 2.37. The maximum absolute atomic E-state index is 13.4. The summed E-state index contributed by atoms with van der Waals surface area (Å²) in [5.74, 6) is -0.826. The molecule has 19 heavy (non-hydrogen) atoms. The molecule has 5 heteroatoms. The number of anilines is 1. The molecule has 0 amide bonds. The predicted octanol–water partition coefficient (Wildman–Crippen LogP) is 1.97. The minimum atomic E-state index is -0.971. The van der Waals surface area contributed by atoms with Crippen LogP contribution >= 0.6 is 0 Å². The molecular weight excluding hydrogens is 247 g/mol. The predicted molar refractivity (Wildman–Crippen MR) is 73.1 cm³/mol. The van der Waals surface area contributed by atoms with Crippen molar-refractivity contribution >= 4 is 11.7 Å². The molecule has 0 bridgehead atoms. The zero-order valence-electron chi connectivity index (χ0n) is 11.4.